The minimum atomic E-state index is -4.56. The Kier molecular flexibility index (Phi) is 8.20. The van der Waals surface area contributed by atoms with E-state index in [1.54, 1.807) is 0 Å². The summed E-state index contributed by atoms with van der Waals surface area (Å²) in [5.74, 6) is -0.863. The molecule has 2 aromatic heterocycles. The van der Waals surface area contributed by atoms with E-state index in [1.165, 1.54) is 39.2 Å². The Morgan fingerprint density at radius 3 is 2.45 bits per heavy atom. The highest BCUT2D eigenvalue weighted by Crippen LogP contribution is 2.34. The van der Waals surface area contributed by atoms with Gasteiger partial charge in [-0.2, -0.15) is 28.3 Å². The summed E-state index contributed by atoms with van der Waals surface area (Å²) in [6, 6.07) is 8.18. The fraction of sp³-hybridized carbons (Fsp3) is 0.333. The van der Waals surface area contributed by atoms with Crippen LogP contribution in [-0.2, 0) is 27.0 Å². The second-order valence-corrected chi connectivity index (χ2v) is 8.56. The van der Waals surface area contributed by atoms with Crippen LogP contribution in [0.15, 0.2) is 36.5 Å². The number of hydrogen-bond donors (Lipinski definition) is 1. The number of ether oxygens (including phenoxy) is 3. The first-order valence-corrected chi connectivity index (χ1v) is 11.0. The average Bonchev–Trinajstić information content (AvgIpc) is 3.30. The molecule has 0 saturated carbocycles. The zero-order valence-corrected chi connectivity index (χ0v) is 20.4. The van der Waals surface area contributed by atoms with E-state index in [2.05, 4.69) is 15.2 Å². The van der Waals surface area contributed by atoms with Crippen molar-refractivity contribution in [2.75, 3.05) is 20.3 Å². The van der Waals surface area contributed by atoms with Crippen LogP contribution in [0.1, 0.15) is 25.1 Å². The summed E-state index contributed by atoms with van der Waals surface area (Å²) in [4.78, 5) is 27.9. The summed E-state index contributed by atoms with van der Waals surface area (Å²) in [5, 5.41) is 26.9. The summed E-state index contributed by atoms with van der Waals surface area (Å²) in [6.07, 6.45) is -4.60. The molecule has 14 heteroatoms. The van der Waals surface area contributed by atoms with Gasteiger partial charge in [-0.15, -0.1) is 5.10 Å². The molecule has 0 bridgehead atoms. The number of aromatic nitrogens is 4. The van der Waals surface area contributed by atoms with Gasteiger partial charge in [0.1, 0.15) is 30.7 Å². The molecular weight excluding hydrogens is 511 g/mol. The van der Waals surface area contributed by atoms with Gasteiger partial charge in [0, 0.05) is 17.3 Å². The van der Waals surface area contributed by atoms with Crippen LogP contribution in [0, 0.1) is 16.7 Å². The fourth-order valence-corrected chi connectivity index (χ4v) is 3.04. The van der Waals surface area contributed by atoms with Crippen molar-refractivity contribution in [3.8, 4) is 34.3 Å². The molecule has 0 atom stereocenters. The van der Waals surface area contributed by atoms with Crippen LogP contribution in [0.25, 0.3) is 22.5 Å². The molecule has 1 N–H and O–H groups in total. The highest BCUT2D eigenvalue weighted by Gasteiger charge is 2.31. The number of nitriles is 1. The van der Waals surface area contributed by atoms with Crippen molar-refractivity contribution in [3.05, 3.63) is 47.8 Å². The minimum Gasteiger partial charge on any atom is -0.497 e. The molecule has 3 aromatic rings. The third kappa shape index (κ3) is 6.75. The van der Waals surface area contributed by atoms with E-state index in [0.717, 1.165) is 23.1 Å². The molecule has 38 heavy (non-hydrogen) atoms. The Bertz CT molecular complexity index is 1380. The van der Waals surface area contributed by atoms with E-state index in [4.69, 9.17) is 19.3 Å². The summed E-state index contributed by atoms with van der Waals surface area (Å²) in [7, 11) is 1.37. The third-order valence-corrected chi connectivity index (χ3v) is 5.20. The van der Waals surface area contributed by atoms with Crippen molar-refractivity contribution in [2.45, 2.75) is 26.6 Å². The van der Waals surface area contributed by atoms with Crippen molar-refractivity contribution in [1.82, 2.24) is 20.0 Å². The predicted octanol–water partition coefficient (Wildman–Crippen LogP) is 4.17. The van der Waals surface area contributed by atoms with Crippen LogP contribution in [0.4, 0.5) is 18.0 Å². The maximum absolute atomic E-state index is 13.2. The smallest absolute Gasteiger partial charge is 0.497 e. The first kappa shape index (κ1) is 27.9. The van der Waals surface area contributed by atoms with Gasteiger partial charge in [0.25, 0.3) is 0 Å². The predicted molar refractivity (Wildman–Crippen MR) is 124 cm³/mol. The minimum absolute atomic E-state index is 0.0314. The van der Waals surface area contributed by atoms with E-state index in [1.807, 2.05) is 6.07 Å². The first-order chi connectivity index (χ1) is 17.8. The molecule has 0 saturated heterocycles. The van der Waals surface area contributed by atoms with Crippen LogP contribution in [0.5, 0.6) is 5.75 Å². The third-order valence-electron chi connectivity index (χ3n) is 5.20. The number of rotatable bonds is 9. The summed E-state index contributed by atoms with van der Waals surface area (Å²) in [5.41, 5.74) is -1.49. The van der Waals surface area contributed by atoms with Crippen molar-refractivity contribution in [1.29, 1.82) is 5.26 Å². The van der Waals surface area contributed by atoms with E-state index in [9.17, 15) is 28.0 Å². The van der Waals surface area contributed by atoms with Gasteiger partial charge >= 0.3 is 18.3 Å². The summed E-state index contributed by atoms with van der Waals surface area (Å²) >= 11 is 0. The standard InChI is InChI=1S/C24H22F3N5O6/c1-23(2,21(33)34)13-38-22(35)37-7-6-32-30-19(12-28)20(31-32)15-8-14(9-17(10-15)36-3)18-11-16(4-5-29-18)24(25,26)27/h4-5,8-11H,6-7,13H2,1-3H3,(H,33,34). The van der Waals surface area contributed by atoms with Gasteiger partial charge in [0.05, 0.1) is 30.3 Å². The monoisotopic (exact) mass is 533 g/mol. The number of methoxy groups -OCH3 is 1. The molecule has 0 aliphatic heterocycles. The fourth-order valence-electron chi connectivity index (χ4n) is 3.04. The molecule has 1 aromatic carbocycles. The lowest BCUT2D eigenvalue weighted by Crippen LogP contribution is -2.30. The molecule has 11 nitrogen and oxygen atoms in total. The number of alkyl halides is 3. The van der Waals surface area contributed by atoms with E-state index in [-0.39, 0.29) is 36.0 Å². The van der Waals surface area contributed by atoms with Crippen molar-refractivity contribution in [2.24, 2.45) is 5.41 Å². The van der Waals surface area contributed by atoms with Gasteiger partial charge in [-0.05, 0) is 44.2 Å². The van der Waals surface area contributed by atoms with Crippen molar-refractivity contribution < 1.29 is 42.1 Å². The Morgan fingerprint density at radius 2 is 1.82 bits per heavy atom. The molecule has 2 heterocycles. The number of pyridine rings is 1. The second kappa shape index (κ2) is 11.2. The molecule has 0 spiro atoms. The Hall–Kier alpha value is -4.67. The molecule has 3 rings (SSSR count). The van der Waals surface area contributed by atoms with Gasteiger partial charge in [0.2, 0.25) is 0 Å². The summed E-state index contributed by atoms with van der Waals surface area (Å²) in [6.45, 7) is 2.05. The van der Waals surface area contributed by atoms with E-state index >= 15 is 0 Å². The van der Waals surface area contributed by atoms with Gasteiger partial charge < -0.3 is 19.3 Å². The number of carboxylic acid groups (broad SMARTS) is 1. The lowest BCUT2D eigenvalue weighted by atomic mass is 9.95. The number of carbonyl (C=O) groups is 2. The SMILES string of the molecule is COc1cc(-c2cc(C(F)(F)F)ccn2)cc(-c2nn(CCOC(=O)OCC(C)(C)C(=O)O)nc2C#N)c1. The molecular formula is C24H22F3N5O6. The molecule has 0 fully saturated rings. The van der Waals surface area contributed by atoms with Gasteiger partial charge in [-0.1, -0.05) is 0 Å². The summed E-state index contributed by atoms with van der Waals surface area (Å²) < 4.78 is 54.5. The van der Waals surface area contributed by atoms with Crippen LogP contribution in [-0.4, -0.2) is 57.5 Å². The number of hydrogen-bond acceptors (Lipinski definition) is 9. The van der Waals surface area contributed by atoms with Crippen LogP contribution < -0.4 is 4.74 Å². The molecule has 200 valence electrons. The number of halogens is 3. The number of carboxylic acids is 1. The average molecular weight is 533 g/mol. The Morgan fingerprint density at radius 1 is 1.11 bits per heavy atom. The second-order valence-electron chi connectivity index (χ2n) is 8.56. The number of aliphatic carboxylic acids is 1. The zero-order chi connectivity index (χ0) is 28.1. The molecule has 0 aliphatic carbocycles. The molecule has 0 unspecified atom stereocenters. The highest BCUT2D eigenvalue weighted by atomic mass is 19.4. The van der Waals surface area contributed by atoms with E-state index < -0.39 is 35.9 Å². The van der Waals surface area contributed by atoms with Crippen LogP contribution in [0.2, 0.25) is 0 Å². The van der Waals surface area contributed by atoms with Gasteiger partial charge in [-0.3, -0.25) is 9.78 Å². The lowest BCUT2D eigenvalue weighted by molar-refractivity contribution is -0.149. The Labute approximate surface area is 214 Å². The number of carbonyl (C=O) groups excluding carboxylic acids is 1. The topological polar surface area (TPSA) is 149 Å². The van der Waals surface area contributed by atoms with Crippen LogP contribution >= 0.6 is 0 Å². The Balaban J connectivity index is 1.80. The number of nitrogens with zero attached hydrogens (tertiary/aromatic N) is 5. The van der Waals surface area contributed by atoms with Crippen molar-refractivity contribution >= 4 is 12.1 Å². The quantitative estimate of drug-likeness (QED) is 0.397. The molecule has 0 aliphatic rings. The van der Waals surface area contributed by atoms with Crippen LogP contribution in [0.3, 0.4) is 0 Å². The van der Waals surface area contributed by atoms with Gasteiger partial charge in [0.15, 0.2) is 5.69 Å². The highest BCUT2D eigenvalue weighted by molar-refractivity contribution is 5.75. The van der Waals surface area contributed by atoms with Gasteiger partial charge in [-0.25, -0.2) is 4.79 Å². The largest absolute Gasteiger partial charge is 0.508 e. The molecule has 0 amide bonds. The van der Waals surface area contributed by atoms with Crippen molar-refractivity contribution in [3.63, 3.8) is 0 Å². The van der Waals surface area contributed by atoms with E-state index in [0.29, 0.717) is 11.1 Å². The number of benzene rings is 1. The molecule has 0 radical (unpaired) electrons. The maximum Gasteiger partial charge on any atom is 0.508 e. The zero-order valence-electron chi connectivity index (χ0n) is 20.4. The lowest BCUT2D eigenvalue weighted by Gasteiger charge is -2.18. The maximum atomic E-state index is 13.2. The normalized spacial score (nSPS) is 11.5. The first-order valence-electron chi connectivity index (χ1n) is 11.0.